The van der Waals surface area contributed by atoms with E-state index in [-0.39, 0.29) is 5.78 Å². The molecule has 0 aliphatic heterocycles. The summed E-state index contributed by atoms with van der Waals surface area (Å²) in [6, 6.07) is 12.5. The molecule has 0 unspecified atom stereocenters. The maximum absolute atomic E-state index is 11.5. The largest absolute Gasteiger partial charge is 0.294 e. The van der Waals surface area contributed by atoms with Gasteiger partial charge in [0, 0.05) is 24.7 Å². The highest BCUT2D eigenvalue weighted by Crippen LogP contribution is 2.20. The molecule has 2 heterocycles. The third kappa shape index (κ3) is 4.58. The predicted octanol–water partition coefficient (Wildman–Crippen LogP) is 4.61. The van der Waals surface area contributed by atoms with E-state index in [1.165, 1.54) is 22.5 Å². The third-order valence-electron chi connectivity index (χ3n) is 3.50. The fraction of sp³-hybridized carbons (Fsp3) is 0.222. The fourth-order valence-electron chi connectivity index (χ4n) is 2.43. The van der Waals surface area contributed by atoms with Crippen molar-refractivity contribution in [3.05, 3.63) is 74.4 Å². The molecule has 0 aliphatic rings. The van der Waals surface area contributed by atoms with Crippen LogP contribution in [0, 0.1) is 0 Å². The van der Waals surface area contributed by atoms with Gasteiger partial charge >= 0.3 is 0 Å². The summed E-state index contributed by atoms with van der Waals surface area (Å²) < 4.78 is 0. The van der Waals surface area contributed by atoms with Crippen LogP contribution in [-0.4, -0.2) is 15.7 Å². The lowest BCUT2D eigenvalue weighted by molar-refractivity contribution is 0.102. The quantitative estimate of drug-likeness (QED) is 0.588. The van der Waals surface area contributed by atoms with Crippen molar-refractivity contribution in [1.82, 2.24) is 9.88 Å². The van der Waals surface area contributed by atoms with Crippen LogP contribution in [0.2, 0.25) is 0 Å². The van der Waals surface area contributed by atoms with E-state index in [0.717, 1.165) is 29.5 Å². The zero-order chi connectivity index (χ0) is 16.1. The Bertz CT molecular complexity index is 750. The number of carbonyl (C=O) groups is 1. The highest BCUT2D eigenvalue weighted by molar-refractivity contribution is 7.12. The van der Waals surface area contributed by atoms with E-state index in [9.17, 15) is 4.79 Å². The molecule has 5 heteroatoms. The van der Waals surface area contributed by atoms with Crippen LogP contribution in [0.25, 0.3) is 0 Å². The first-order chi connectivity index (χ1) is 11.2. The zero-order valence-electron chi connectivity index (χ0n) is 12.9. The van der Waals surface area contributed by atoms with Crippen LogP contribution >= 0.6 is 22.7 Å². The summed E-state index contributed by atoms with van der Waals surface area (Å²) in [5.41, 5.74) is 2.47. The number of benzene rings is 1. The third-order valence-corrected chi connectivity index (χ3v) is 5.34. The molecule has 0 saturated carbocycles. The van der Waals surface area contributed by atoms with Crippen LogP contribution in [0.4, 0.5) is 0 Å². The molecule has 0 bridgehead atoms. The van der Waals surface area contributed by atoms with Crippen molar-refractivity contribution < 1.29 is 4.79 Å². The second-order valence-electron chi connectivity index (χ2n) is 5.43. The first-order valence-electron chi connectivity index (χ1n) is 7.43. The lowest BCUT2D eigenvalue weighted by Gasteiger charge is -2.21. The SMILES string of the molecule is CC(=O)c1cc(CN(Cc2ccccc2)Cc2nccs2)cs1. The van der Waals surface area contributed by atoms with Crippen molar-refractivity contribution in [3.8, 4) is 0 Å². The van der Waals surface area contributed by atoms with Crippen LogP contribution in [0.3, 0.4) is 0 Å². The summed E-state index contributed by atoms with van der Waals surface area (Å²) in [5, 5.41) is 5.20. The normalized spacial score (nSPS) is 11.0. The number of thiophene rings is 1. The summed E-state index contributed by atoms with van der Waals surface area (Å²) in [5.74, 6) is 0.135. The molecule has 0 fully saturated rings. The number of hydrogen-bond donors (Lipinski definition) is 0. The van der Waals surface area contributed by atoms with Gasteiger partial charge in [-0.15, -0.1) is 22.7 Å². The standard InChI is InChI=1S/C18H18N2OS2/c1-14(21)17-9-16(13-23-17)11-20(12-18-19-7-8-22-18)10-15-5-3-2-4-6-15/h2-9,13H,10-12H2,1H3. The maximum atomic E-state index is 11.5. The molecule has 0 N–H and O–H groups in total. The maximum Gasteiger partial charge on any atom is 0.169 e. The van der Waals surface area contributed by atoms with Crippen LogP contribution in [0.1, 0.15) is 32.7 Å². The van der Waals surface area contributed by atoms with Crippen LogP contribution in [0.5, 0.6) is 0 Å². The molecule has 0 aliphatic carbocycles. The first kappa shape index (κ1) is 16.1. The molecule has 0 atom stereocenters. The van der Waals surface area contributed by atoms with Gasteiger partial charge in [0.2, 0.25) is 0 Å². The highest BCUT2D eigenvalue weighted by atomic mass is 32.1. The van der Waals surface area contributed by atoms with Crippen molar-refractivity contribution in [1.29, 1.82) is 0 Å². The second kappa shape index (κ2) is 7.64. The summed E-state index contributed by atoms with van der Waals surface area (Å²) in [7, 11) is 0. The summed E-state index contributed by atoms with van der Waals surface area (Å²) in [4.78, 5) is 19.1. The van der Waals surface area contributed by atoms with Crippen LogP contribution in [-0.2, 0) is 19.6 Å². The Balaban J connectivity index is 1.74. The van der Waals surface area contributed by atoms with Gasteiger partial charge in [-0.25, -0.2) is 4.98 Å². The molecule has 0 amide bonds. The van der Waals surface area contributed by atoms with E-state index in [4.69, 9.17) is 0 Å². The van der Waals surface area contributed by atoms with E-state index >= 15 is 0 Å². The lowest BCUT2D eigenvalue weighted by Crippen LogP contribution is -2.22. The molecule has 3 nitrogen and oxygen atoms in total. The van der Waals surface area contributed by atoms with Crippen LogP contribution in [0.15, 0.2) is 53.4 Å². The van der Waals surface area contributed by atoms with Crippen LogP contribution < -0.4 is 0 Å². The van der Waals surface area contributed by atoms with Gasteiger partial charge in [-0.05, 0) is 29.5 Å². The van der Waals surface area contributed by atoms with Crippen molar-refractivity contribution in [2.24, 2.45) is 0 Å². The van der Waals surface area contributed by atoms with Gasteiger partial charge in [0.15, 0.2) is 5.78 Å². The summed E-state index contributed by atoms with van der Waals surface area (Å²) >= 11 is 3.20. The van der Waals surface area contributed by atoms with E-state index < -0.39 is 0 Å². The van der Waals surface area contributed by atoms with Gasteiger partial charge < -0.3 is 0 Å². The van der Waals surface area contributed by atoms with Crippen molar-refractivity contribution >= 4 is 28.5 Å². The minimum atomic E-state index is 0.135. The van der Waals surface area contributed by atoms with Gasteiger partial charge in [0.1, 0.15) is 5.01 Å². The molecular formula is C18H18N2OS2. The molecule has 3 aromatic rings. The Kier molecular flexibility index (Phi) is 5.33. The zero-order valence-corrected chi connectivity index (χ0v) is 14.6. The molecular weight excluding hydrogens is 324 g/mol. The Hall–Kier alpha value is -1.82. The van der Waals surface area contributed by atoms with Gasteiger partial charge in [0.05, 0.1) is 11.4 Å². The molecule has 0 radical (unpaired) electrons. The number of Topliss-reactive ketones (excluding diaryl/α,β-unsaturated/α-hetero) is 1. The average molecular weight is 342 g/mol. The minimum absolute atomic E-state index is 0.135. The first-order valence-corrected chi connectivity index (χ1v) is 9.19. The fourth-order valence-corrected chi connectivity index (χ4v) is 3.90. The Morgan fingerprint density at radius 3 is 2.52 bits per heavy atom. The molecule has 0 saturated heterocycles. The van der Waals surface area contributed by atoms with E-state index in [2.05, 4.69) is 39.5 Å². The average Bonchev–Trinajstić information content (AvgIpc) is 3.20. The van der Waals surface area contributed by atoms with Crippen molar-refractivity contribution in [3.63, 3.8) is 0 Å². The molecule has 3 rings (SSSR count). The molecule has 23 heavy (non-hydrogen) atoms. The van der Waals surface area contributed by atoms with Gasteiger partial charge in [-0.3, -0.25) is 9.69 Å². The predicted molar refractivity (Wildman–Crippen MR) is 95.8 cm³/mol. The van der Waals surface area contributed by atoms with Gasteiger partial charge in [-0.2, -0.15) is 0 Å². The number of carbonyl (C=O) groups excluding carboxylic acids is 1. The van der Waals surface area contributed by atoms with Crippen molar-refractivity contribution in [2.45, 2.75) is 26.6 Å². The minimum Gasteiger partial charge on any atom is -0.294 e. The summed E-state index contributed by atoms with van der Waals surface area (Å²) in [6.07, 6.45) is 1.85. The van der Waals surface area contributed by atoms with Crippen molar-refractivity contribution in [2.75, 3.05) is 0 Å². The number of rotatable bonds is 7. The Morgan fingerprint density at radius 1 is 1.09 bits per heavy atom. The second-order valence-corrected chi connectivity index (χ2v) is 7.32. The van der Waals surface area contributed by atoms with E-state index in [1.54, 1.807) is 18.3 Å². The highest BCUT2D eigenvalue weighted by Gasteiger charge is 2.12. The van der Waals surface area contributed by atoms with E-state index in [0.29, 0.717) is 0 Å². The topological polar surface area (TPSA) is 33.2 Å². The Labute approximate surface area is 144 Å². The number of hydrogen-bond acceptors (Lipinski definition) is 5. The molecule has 2 aromatic heterocycles. The smallest absolute Gasteiger partial charge is 0.169 e. The lowest BCUT2D eigenvalue weighted by atomic mass is 10.2. The van der Waals surface area contributed by atoms with Gasteiger partial charge in [0.25, 0.3) is 0 Å². The molecule has 1 aromatic carbocycles. The monoisotopic (exact) mass is 342 g/mol. The number of thiazole rings is 1. The molecule has 0 spiro atoms. The molecule has 118 valence electrons. The Morgan fingerprint density at radius 2 is 1.87 bits per heavy atom. The summed E-state index contributed by atoms with van der Waals surface area (Å²) in [6.45, 7) is 4.12. The number of aromatic nitrogens is 1. The van der Waals surface area contributed by atoms with Gasteiger partial charge in [-0.1, -0.05) is 30.3 Å². The van der Waals surface area contributed by atoms with E-state index in [1.807, 2.05) is 23.7 Å². The number of nitrogens with zero attached hydrogens (tertiary/aromatic N) is 2. The number of ketones is 1.